The number of rotatable bonds is 7. The molecule has 0 saturated carbocycles. The van der Waals surface area contributed by atoms with E-state index in [9.17, 15) is 9.59 Å². The lowest BCUT2D eigenvalue weighted by molar-refractivity contribution is -0.135. The van der Waals surface area contributed by atoms with E-state index >= 15 is 0 Å². The van der Waals surface area contributed by atoms with E-state index in [4.69, 9.17) is 27.9 Å². The van der Waals surface area contributed by atoms with Crippen LogP contribution >= 0.6 is 35.6 Å². The average molecular weight is 411 g/mol. The van der Waals surface area contributed by atoms with Crippen LogP contribution in [0.25, 0.3) is 0 Å². The molecule has 1 aliphatic heterocycles. The first-order chi connectivity index (χ1) is 11.5. The number of carbonyl (C=O) groups is 2. The molecule has 0 radical (unpaired) electrons. The fraction of sp³-hybridized carbons (Fsp3) is 0.500. The topological polar surface area (TPSA) is 70.7 Å². The lowest BCUT2D eigenvalue weighted by Crippen LogP contribution is -2.46. The Labute approximate surface area is 163 Å². The van der Waals surface area contributed by atoms with Crippen LogP contribution in [-0.2, 0) is 14.3 Å². The van der Waals surface area contributed by atoms with Gasteiger partial charge in [-0.1, -0.05) is 23.2 Å². The Hall–Kier alpha value is -1.05. The number of ether oxygens (including phenoxy) is 1. The smallest absolute Gasteiger partial charge is 0.247 e. The molecule has 1 unspecified atom stereocenters. The molecule has 2 amide bonds. The summed E-state index contributed by atoms with van der Waals surface area (Å²) < 4.78 is 4.92. The van der Waals surface area contributed by atoms with Crippen molar-refractivity contribution >= 4 is 53.1 Å². The lowest BCUT2D eigenvalue weighted by atomic mass is 10.2. The third-order valence-electron chi connectivity index (χ3n) is 3.77. The van der Waals surface area contributed by atoms with Crippen LogP contribution in [0.15, 0.2) is 18.2 Å². The van der Waals surface area contributed by atoms with Crippen LogP contribution in [0, 0.1) is 0 Å². The highest BCUT2D eigenvalue weighted by Crippen LogP contribution is 2.24. The molecular formula is C16H22Cl3N3O3. The molecule has 2 N–H and O–H groups in total. The molecule has 0 aromatic heterocycles. The molecule has 1 saturated heterocycles. The van der Waals surface area contributed by atoms with Gasteiger partial charge >= 0.3 is 0 Å². The van der Waals surface area contributed by atoms with Gasteiger partial charge in [0.15, 0.2) is 0 Å². The van der Waals surface area contributed by atoms with Crippen LogP contribution < -0.4 is 10.6 Å². The maximum absolute atomic E-state index is 12.5. The number of methoxy groups -OCH3 is 1. The summed E-state index contributed by atoms with van der Waals surface area (Å²) in [6.45, 7) is 1.90. The van der Waals surface area contributed by atoms with Gasteiger partial charge in [-0.2, -0.15) is 0 Å². The molecule has 1 aromatic carbocycles. The van der Waals surface area contributed by atoms with Crippen molar-refractivity contribution < 1.29 is 14.3 Å². The number of anilines is 1. The molecule has 0 spiro atoms. The molecule has 1 aliphatic rings. The lowest BCUT2D eigenvalue weighted by Gasteiger charge is -2.24. The Morgan fingerprint density at radius 3 is 2.60 bits per heavy atom. The van der Waals surface area contributed by atoms with Crippen molar-refractivity contribution in [3.63, 3.8) is 0 Å². The van der Waals surface area contributed by atoms with E-state index in [1.54, 1.807) is 30.2 Å². The molecule has 1 fully saturated rings. The van der Waals surface area contributed by atoms with E-state index in [-0.39, 0.29) is 30.8 Å². The molecule has 1 heterocycles. The zero-order chi connectivity index (χ0) is 17.5. The summed E-state index contributed by atoms with van der Waals surface area (Å²) in [6, 6.07) is 4.37. The quantitative estimate of drug-likeness (QED) is 0.678. The fourth-order valence-corrected chi connectivity index (χ4v) is 3.19. The number of likely N-dealkylation sites (tertiary alicyclic amines) is 1. The minimum Gasteiger partial charge on any atom is -0.383 e. The second-order valence-electron chi connectivity index (χ2n) is 5.56. The highest BCUT2D eigenvalue weighted by atomic mass is 35.5. The zero-order valence-electron chi connectivity index (χ0n) is 13.9. The molecule has 0 aliphatic carbocycles. The predicted molar refractivity (Wildman–Crippen MR) is 102 cm³/mol. The first-order valence-electron chi connectivity index (χ1n) is 7.77. The number of nitrogens with zero attached hydrogens (tertiary/aromatic N) is 1. The van der Waals surface area contributed by atoms with Crippen LogP contribution in [0.2, 0.25) is 10.0 Å². The summed E-state index contributed by atoms with van der Waals surface area (Å²) >= 11 is 11.9. The first-order valence-corrected chi connectivity index (χ1v) is 8.53. The van der Waals surface area contributed by atoms with Gasteiger partial charge in [-0.05, 0) is 31.0 Å². The number of hydrogen-bond donors (Lipinski definition) is 2. The van der Waals surface area contributed by atoms with Crippen LogP contribution in [0.5, 0.6) is 0 Å². The summed E-state index contributed by atoms with van der Waals surface area (Å²) in [4.78, 5) is 26.4. The number of nitrogens with one attached hydrogen (secondary N) is 2. The van der Waals surface area contributed by atoms with Crippen molar-refractivity contribution in [1.29, 1.82) is 0 Å². The van der Waals surface area contributed by atoms with Gasteiger partial charge in [-0.3, -0.25) is 9.59 Å². The number of amides is 2. The number of hydrogen-bond acceptors (Lipinski definition) is 4. The summed E-state index contributed by atoms with van der Waals surface area (Å²) in [5.41, 5.74) is 0.523. The number of halogens is 3. The maximum atomic E-state index is 12.5. The minimum atomic E-state index is -0.473. The standard InChI is InChI=1S/C16H21Cl2N3O3.ClH/c1-24-6-4-19-10-15(22)21-5-2-3-14(21)16(23)20-13-8-11(17)7-12(18)9-13;/h7-9,14,19H,2-6,10H2,1H3,(H,20,23);1H. The van der Waals surface area contributed by atoms with E-state index in [0.29, 0.717) is 41.8 Å². The molecule has 140 valence electrons. The van der Waals surface area contributed by atoms with Crippen molar-refractivity contribution in [2.24, 2.45) is 0 Å². The second-order valence-corrected chi connectivity index (χ2v) is 6.43. The molecule has 6 nitrogen and oxygen atoms in total. The first kappa shape index (κ1) is 22.0. The number of benzene rings is 1. The Kier molecular flexibility index (Phi) is 9.53. The van der Waals surface area contributed by atoms with Crippen LogP contribution in [0.1, 0.15) is 12.8 Å². The van der Waals surface area contributed by atoms with Crippen molar-refractivity contribution in [2.45, 2.75) is 18.9 Å². The predicted octanol–water partition coefficient (Wildman–Crippen LogP) is 2.58. The van der Waals surface area contributed by atoms with Crippen molar-refractivity contribution in [1.82, 2.24) is 10.2 Å². The molecule has 9 heteroatoms. The van der Waals surface area contributed by atoms with Gasteiger partial charge in [-0.25, -0.2) is 0 Å². The Morgan fingerprint density at radius 2 is 1.96 bits per heavy atom. The van der Waals surface area contributed by atoms with Crippen LogP contribution in [0.3, 0.4) is 0 Å². The minimum absolute atomic E-state index is 0. The van der Waals surface area contributed by atoms with Gasteiger partial charge in [0, 0.05) is 35.9 Å². The van der Waals surface area contributed by atoms with Gasteiger partial charge in [0.1, 0.15) is 6.04 Å². The normalized spacial score (nSPS) is 16.4. The Balaban J connectivity index is 0.00000312. The van der Waals surface area contributed by atoms with Crippen molar-refractivity contribution in [2.75, 3.05) is 38.7 Å². The molecule has 1 aromatic rings. The van der Waals surface area contributed by atoms with Crippen molar-refractivity contribution in [3.8, 4) is 0 Å². The molecule has 0 bridgehead atoms. The highest BCUT2D eigenvalue weighted by molar-refractivity contribution is 6.35. The molecule has 2 rings (SSSR count). The van der Waals surface area contributed by atoms with Crippen molar-refractivity contribution in [3.05, 3.63) is 28.2 Å². The third kappa shape index (κ3) is 6.64. The van der Waals surface area contributed by atoms with E-state index in [1.807, 2.05) is 0 Å². The summed E-state index contributed by atoms with van der Waals surface area (Å²) in [5.74, 6) is -0.316. The maximum Gasteiger partial charge on any atom is 0.247 e. The van der Waals surface area contributed by atoms with Gasteiger partial charge in [-0.15, -0.1) is 12.4 Å². The van der Waals surface area contributed by atoms with Crippen LogP contribution in [0.4, 0.5) is 5.69 Å². The van der Waals surface area contributed by atoms with E-state index in [0.717, 1.165) is 6.42 Å². The van der Waals surface area contributed by atoms with Gasteiger partial charge in [0.25, 0.3) is 0 Å². The molecule has 1 atom stereocenters. The molecular weight excluding hydrogens is 389 g/mol. The highest BCUT2D eigenvalue weighted by Gasteiger charge is 2.33. The second kappa shape index (κ2) is 10.8. The zero-order valence-corrected chi connectivity index (χ0v) is 16.2. The van der Waals surface area contributed by atoms with Gasteiger partial charge in [0.2, 0.25) is 11.8 Å². The Bertz CT molecular complexity index is 581. The third-order valence-corrected chi connectivity index (χ3v) is 4.20. The van der Waals surface area contributed by atoms with Gasteiger partial charge < -0.3 is 20.3 Å². The van der Waals surface area contributed by atoms with Crippen LogP contribution in [-0.4, -0.2) is 56.1 Å². The Morgan fingerprint density at radius 1 is 1.28 bits per heavy atom. The van der Waals surface area contributed by atoms with E-state index in [2.05, 4.69) is 10.6 Å². The summed E-state index contributed by atoms with van der Waals surface area (Å²) in [5, 5.41) is 6.68. The molecule has 25 heavy (non-hydrogen) atoms. The SMILES string of the molecule is COCCNCC(=O)N1CCCC1C(=O)Nc1cc(Cl)cc(Cl)c1.Cl. The average Bonchev–Trinajstić information content (AvgIpc) is 3.00. The summed E-state index contributed by atoms with van der Waals surface area (Å²) in [6.07, 6.45) is 1.45. The van der Waals surface area contributed by atoms with E-state index in [1.165, 1.54) is 0 Å². The number of carbonyl (C=O) groups excluding carboxylic acids is 2. The van der Waals surface area contributed by atoms with Gasteiger partial charge in [0.05, 0.1) is 13.2 Å². The summed E-state index contributed by atoms with van der Waals surface area (Å²) in [7, 11) is 1.60. The van der Waals surface area contributed by atoms with E-state index < -0.39 is 6.04 Å². The largest absolute Gasteiger partial charge is 0.383 e. The fourth-order valence-electron chi connectivity index (χ4n) is 2.66. The monoisotopic (exact) mass is 409 g/mol.